The van der Waals surface area contributed by atoms with Crippen LogP contribution in [0.3, 0.4) is 0 Å². The molecule has 73 heavy (non-hydrogen) atoms. The second-order valence-electron chi connectivity index (χ2n) is 20.3. The molecule has 1 aromatic heterocycles. The number of likely N-dealkylation sites (tertiary alicyclic amines) is 2. The highest BCUT2D eigenvalue weighted by Crippen LogP contribution is 2.46. The Balaban J connectivity index is 1.26. The molecule has 0 saturated carbocycles. The van der Waals surface area contributed by atoms with Crippen molar-refractivity contribution >= 4 is 34.0 Å². The predicted molar refractivity (Wildman–Crippen MR) is 280 cm³/mol. The van der Waals surface area contributed by atoms with Crippen LogP contribution in [-0.2, 0) is 39.1 Å². The summed E-state index contributed by atoms with van der Waals surface area (Å²) < 4.78 is 63.5. The predicted octanol–water partition coefficient (Wildman–Crippen LogP) is 10.3. The van der Waals surface area contributed by atoms with Crippen molar-refractivity contribution in [3.63, 3.8) is 0 Å². The van der Waals surface area contributed by atoms with Gasteiger partial charge in [-0.3, -0.25) is 0 Å². The van der Waals surface area contributed by atoms with Gasteiger partial charge in [0.05, 0.1) is 27.9 Å². The topological polar surface area (TPSA) is 168 Å². The van der Waals surface area contributed by atoms with E-state index in [-0.39, 0.29) is 47.6 Å². The summed E-state index contributed by atoms with van der Waals surface area (Å²) >= 11 is 1.40. The molecule has 0 radical (unpaired) electrons. The van der Waals surface area contributed by atoms with Gasteiger partial charge in [-0.2, -0.15) is 4.31 Å². The quantitative estimate of drug-likeness (QED) is 0.0899. The summed E-state index contributed by atoms with van der Waals surface area (Å²) in [5.74, 6) is 2.43. The van der Waals surface area contributed by atoms with E-state index in [2.05, 4.69) is 27.7 Å². The number of hydrogen-bond acceptors (Lipinski definition) is 13. The van der Waals surface area contributed by atoms with Gasteiger partial charge in [0.15, 0.2) is 5.82 Å². The van der Waals surface area contributed by atoms with E-state index in [1.165, 1.54) is 16.1 Å². The molecule has 0 atom stereocenters. The minimum atomic E-state index is -4.50. The number of thioether (sulfide) groups is 1. The third-order valence-corrected chi connectivity index (χ3v) is 15.9. The lowest BCUT2D eigenvalue weighted by Gasteiger charge is -2.39. The molecule has 3 heterocycles. The number of piperidine rings is 1. The van der Waals surface area contributed by atoms with Gasteiger partial charge in [0.25, 0.3) is 0 Å². The lowest BCUT2D eigenvalue weighted by molar-refractivity contribution is 0.0142. The molecule has 16 nitrogen and oxygen atoms in total. The maximum absolute atomic E-state index is 16.3. The highest BCUT2D eigenvalue weighted by molar-refractivity contribution is 8.00. The van der Waals surface area contributed by atoms with Gasteiger partial charge in [-0.15, -0.1) is 16.9 Å². The van der Waals surface area contributed by atoms with Crippen LogP contribution in [0.4, 0.5) is 9.59 Å². The van der Waals surface area contributed by atoms with Gasteiger partial charge in [-0.1, -0.05) is 66.7 Å². The smallest absolute Gasteiger partial charge is 0.410 e. The molecular formula is C55H65N7O9S2. The molecule has 2 saturated heterocycles. The van der Waals surface area contributed by atoms with Gasteiger partial charge in [0, 0.05) is 55.0 Å². The van der Waals surface area contributed by atoms with E-state index in [9.17, 15) is 9.59 Å². The Bertz CT molecular complexity index is 2910. The Morgan fingerprint density at radius 3 is 1.64 bits per heavy atom. The van der Waals surface area contributed by atoms with E-state index in [0.717, 1.165) is 40.7 Å². The van der Waals surface area contributed by atoms with Crippen molar-refractivity contribution in [3.05, 3.63) is 131 Å². The Hall–Kier alpha value is -6.63. The van der Waals surface area contributed by atoms with Gasteiger partial charge in [-0.25, -0.2) is 22.7 Å². The Morgan fingerprint density at radius 1 is 0.658 bits per heavy atom. The molecule has 0 spiro atoms. The van der Waals surface area contributed by atoms with Crippen molar-refractivity contribution in [1.82, 2.24) is 34.3 Å². The Morgan fingerprint density at radius 2 is 1.15 bits per heavy atom. The van der Waals surface area contributed by atoms with Crippen LogP contribution >= 0.6 is 11.8 Å². The number of rotatable bonds is 16. The number of nitrogens with zero attached hydrogens (tertiary/aromatic N) is 7. The summed E-state index contributed by atoms with van der Waals surface area (Å²) in [7, 11) is 0.283. The Kier molecular flexibility index (Phi) is 16.0. The first-order chi connectivity index (χ1) is 34.8. The molecule has 2 fully saturated rings. The van der Waals surface area contributed by atoms with Gasteiger partial charge in [0.1, 0.15) is 33.3 Å². The molecule has 2 amide bonds. The van der Waals surface area contributed by atoms with Crippen LogP contribution in [0.25, 0.3) is 22.5 Å². The summed E-state index contributed by atoms with van der Waals surface area (Å²) in [5, 5.41) is 13.2. The van der Waals surface area contributed by atoms with E-state index >= 15 is 8.42 Å². The molecule has 0 aliphatic carbocycles. The number of amides is 2. The maximum Gasteiger partial charge on any atom is 0.410 e. The number of tetrazole rings is 1. The first-order valence-corrected chi connectivity index (χ1v) is 26.7. The van der Waals surface area contributed by atoms with E-state index in [4.69, 9.17) is 23.7 Å². The van der Waals surface area contributed by atoms with Gasteiger partial charge < -0.3 is 33.5 Å². The second kappa shape index (κ2) is 22.2. The van der Waals surface area contributed by atoms with Crippen LogP contribution in [0, 0.1) is 0 Å². The van der Waals surface area contributed by atoms with Crippen LogP contribution in [0.5, 0.6) is 17.2 Å². The number of aromatic nitrogens is 4. The summed E-state index contributed by atoms with van der Waals surface area (Å²) in [6, 6.07) is 34.3. The van der Waals surface area contributed by atoms with E-state index in [1.807, 2.05) is 139 Å². The van der Waals surface area contributed by atoms with Crippen molar-refractivity contribution in [2.45, 2.75) is 106 Å². The molecule has 6 aromatic rings. The summed E-state index contributed by atoms with van der Waals surface area (Å²) in [5.41, 5.74) is 3.91. The zero-order valence-electron chi connectivity index (χ0n) is 43.0. The van der Waals surface area contributed by atoms with Crippen LogP contribution in [0.2, 0.25) is 0 Å². The first-order valence-electron chi connectivity index (χ1n) is 24.4. The lowest BCUT2D eigenvalue weighted by atomic mass is 9.88. The molecule has 386 valence electrons. The van der Waals surface area contributed by atoms with Crippen molar-refractivity contribution in [2.75, 3.05) is 47.5 Å². The summed E-state index contributed by atoms with van der Waals surface area (Å²) in [6.45, 7) is 13.2. The number of methoxy groups -OCH3 is 3. The number of ether oxygens (including phenoxy) is 5. The molecule has 0 N–H and O–H groups in total. The second-order valence-corrected chi connectivity index (χ2v) is 23.5. The normalized spacial score (nSPS) is 14.7. The minimum absolute atomic E-state index is 0.0141. The monoisotopic (exact) mass is 1030 g/mol. The number of sulfonamides is 1. The molecule has 2 aliphatic heterocycles. The highest BCUT2D eigenvalue weighted by atomic mass is 32.2. The zero-order valence-corrected chi connectivity index (χ0v) is 44.7. The number of benzene rings is 5. The highest BCUT2D eigenvalue weighted by Gasteiger charge is 2.39. The third kappa shape index (κ3) is 13.0. The maximum atomic E-state index is 16.3. The van der Waals surface area contributed by atoms with Gasteiger partial charge in [0.2, 0.25) is 10.0 Å². The average Bonchev–Trinajstić information content (AvgIpc) is 3.81. The van der Waals surface area contributed by atoms with Gasteiger partial charge >= 0.3 is 12.2 Å². The summed E-state index contributed by atoms with van der Waals surface area (Å²) in [4.78, 5) is 30.0. The largest absolute Gasteiger partial charge is 0.497 e. The van der Waals surface area contributed by atoms with E-state index < -0.39 is 27.3 Å². The van der Waals surface area contributed by atoms with Gasteiger partial charge in [-0.05, 0) is 147 Å². The standard InChI is InChI=1S/C55H65N7O9S2/c1-54(2,3)70-52(63)59-30-28-41(29-31-59)40-16-18-42(19-17-40)47-26-27-48(72-46-35-60(36-46)53(64)71-55(4,5)6)50(49(47)51-56-57-58-62(51)34-39-14-24-45(69-9)25-15-39)73(65,66)61(32-37-10-20-43(67-7)21-11-37)33-38-12-22-44(68-8)23-13-38/h10-27,41,46H,28-36H2,1-9H3. The average molecular weight is 1030 g/mol. The number of carbonyl (C=O) groups is 2. The third-order valence-electron chi connectivity index (χ3n) is 12.6. The molecular weight excluding hydrogens is 967 g/mol. The molecule has 8 rings (SSSR count). The summed E-state index contributed by atoms with van der Waals surface area (Å²) in [6.07, 6.45) is 0.805. The fourth-order valence-corrected chi connectivity index (χ4v) is 12.2. The molecule has 0 unspecified atom stereocenters. The van der Waals surface area contributed by atoms with Crippen molar-refractivity contribution in [3.8, 4) is 39.8 Å². The lowest BCUT2D eigenvalue weighted by Crippen LogP contribution is -2.53. The first kappa shape index (κ1) is 52.7. The van der Waals surface area contributed by atoms with Crippen LogP contribution in [0.15, 0.2) is 119 Å². The molecule has 18 heteroatoms. The van der Waals surface area contributed by atoms with Crippen LogP contribution < -0.4 is 14.2 Å². The van der Waals surface area contributed by atoms with Crippen LogP contribution in [-0.4, -0.2) is 119 Å². The minimum Gasteiger partial charge on any atom is -0.497 e. The van der Waals surface area contributed by atoms with E-state index in [1.54, 1.807) is 35.8 Å². The van der Waals surface area contributed by atoms with Crippen LogP contribution in [0.1, 0.15) is 82.6 Å². The Labute approximate surface area is 433 Å². The molecule has 0 bridgehead atoms. The number of hydrogen-bond donors (Lipinski definition) is 0. The SMILES string of the molecule is COc1ccc(CN(Cc2ccc(OC)cc2)S(=O)(=O)c2c(SC3CN(C(=O)OC(C)(C)C)C3)ccc(-c3ccc(C4CCN(C(=O)OC(C)(C)C)CC4)cc3)c2-c2nnnn2Cc2ccc(OC)cc2)cc1. The fourth-order valence-electron chi connectivity index (χ4n) is 8.82. The van der Waals surface area contributed by atoms with Crippen molar-refractivity contribution in [1.29, 1.82) is 0 Å². The van der Waals surface area contributed by atoms with Crippen molar-refractivity contribution in [2.24, 2.45) is 0 Å². The zero-order chi connectivity index (χ0) is 52.1. The van der Waals surface area contributed by atoms with Crippen molar-refractivity contribution < 1.29 is 41.7 Å². The molecule has 5 aromatic carbocycles. The van der Waals surface area contributed by atoms with E-state index in [0.29, 0.717) is 59.4 Å². The number of carbonyl (C=O) groups excluding carboxylic acids is 2. The molecule has 2 aliphatic rings. The fraction of sp³-hybridized carbons (Fsp3) is 0.400.